The van der Waals surface area contributed by atoms with Crippen molar-refractivity contribution in [2.45, 2.75) is 65.0 Å². The summed E-state index contributed by atoms with van der Waals surface area (Å²) in [5, 5.41) is 3.67. The number of nitrogens with zero attached hydrogens (tertiary/aromatic N) is 1. The fraction of sp³-hybridized carbons (Fsp3) is 1.00. The molecule has 1 saturated heterocycles. The molecule has 1 aliphatic carbocycles. The van der Waals surface area contributed by atoms with Crippen molar-refractivity contribution in [2.75, 3.05) is 19.6 Å². The van der Waals surface area contributed by atoms with Gasteiger partial charge in [-0.05, 0) is 64.5 Å². The Morgan fingerprint density at radius 2 is 1.88 bits per heavy atom. The zero-order valence-electron chi connectivity index (χ0n) is 12.1. The topological polar surface area (TPSA) is 15.3 Å². The highest BCUT2D eigenvalue weighted by Crippen LogP contribution is 2.33. The summed E-state index contributed by atoms with van der Waals surface area (Å²) in [6.45, 7) is 13.3. The van der Waals surface area contributed by atoms with Crippen LogP contribution in [-0.4, -0.2) is 36.1 Å². The van der Waals surface area contributed by atoms with E-state index in [1.165, 1.54) is 45.3 Å². The lowest BCUT2D eigenvalue weighted by atomic mass is 9.78. The van der Waals surface area contributed by atoms with Gasteiger partial charge in [-0.15, -0.1) is 0 Å². The van der Waals surface area contributed by atoms with Gasteiger partial charge in [0.25, 0.3) is 0 Å². The van der Waals surface area contributed by atoms with Crippen LogP contribution in [0.1, 0.15) is 53.4 Å². The maximum atomic E-state index is 3.67. The molecule has 3 atom stereocenters. The molecule has 1 heterocycles. The molecule has 0 aromatic carbocycles. The predicted octanol–water partition coefficient (Wildman–Crippen LogP) is 2.89. The molecule has 100 valence electrons. The number of hydrogen-bond acceptors (Lipinski definition) is 2. The Labute approximate surface area is 107 Å². The molecule has 3 unspecified atom stereocenters. The summed E-state index contributed by atoms with van der Waals surface area (Å²) in [6.07, 6.45) is 5.57. The van der Waals surface area contributed by atoms with Gasteiger partial charge >= 0.3 is 0 Å². The first-order valence-electron chi connectivity index (χ1n) is 7.47. The largest absolute Gasteiger partial charge is 0.310 e. The van der Waals surface area contributed by atoms with E-state index in [4.69, 9.17) is 0 Å². The Morgan fingerprint density at radius 1 is 1.12 bits per heavy atom. The van der Waals surface area contributed by atoms with Crippen LogP contribution in [0, 0.1) is 11.8 Å². The van der Waals surface area contributed by atoms with Crippen LogP contribution in [0.3, 0.4) is 0 Å². The first-order chi connectivity index (χ1) is 7.98. The summed E-state index contributed by atoms with van der Waals surface area (Å²) in [5.41, 5.74) is 0.294. The fourth-order valence-corrected chi connectivity index (χ4v) is 3.51. The van der Waals surface area contributed by atoms with Crippen LogP contribution in [0.5, 0.6) is 0 Å². The predicted molar refractivity (Wildman–Crippen MR) is 74.2 cm³/mol. The van der Waals surface area contributed by atoms with Gasteiger partial charge in [-0.1, -0.05) is 13.8 Å². The van der Waals surface area contributed by atoms with Crippen molar-refractivity contribution < 1.29 is 0 Å². The number of rotatable bonds is 1. The zero-order valence-corrected chi connectivity index (χ0v) is 12.1. The van der Waals surface area contributed by atoms with Crippen LogP contribution >= 0.6 is 0 Å². The Bertz CT molecular complexity index is 249. The molecule has 0 aromatic heterocycles. The monoisotopic (exact) mass is 238 g/mol. The summed E-state index contributed by atoms with van der Waals surface area (Å²) in [6, 6.07) is 0.848. The standard InChI is InChI=1S/C15H30N2/c1-12-6-7-14(10-13(12)2)17-9-5-8-16-15(3,4)11-17/h12-14,16H,5-11H2,1-4H3. The van der Waals surface area contributed by atoms with Gasteiger partial charge in [0, 0.05) is 18.1 Å². The minimum absolute atomic E-state index is 0.294. The van der Waals surface area contributed by atoms with Gasteiger partial charge in [0.05, 0.1) is 0 Å². The molecule has 1 N–H and O–H groups in total. The van der Waals surface area contributed by atoms with Gasteiger partial charge in [-0.25, -0.2) is 0 Å². The van der Waals surface area contributed by atoms with Gasteiger partial charge < -0.3 is 5.32 Å². The summed E-state index contributed by atoms with van der Waals surface area (Å²) in [4.78, 5) is 2.77. The highest BCUT2D eigenvalue weighted by Gasteiger charge is 2.32. The normalized spacial score (nSPS) is 39.9. The van der Waals surface area contributed by atoms with E-state index in [1.54, 1.807) is 0 Å². The van der Waals surface area contributed by atoms with Gasteiger partial charge in [0.15, 0.2) is 0 Å². The SMILES string of the molecule is CC1CCC(N2CCCNC(C)(C)C2)CC1C. The molecule has 2 rings (SSSR count). The van der Waals surface area contributed by atoms with Crippen molar-refractivity contribution in [3.05, 3.63) is 0 Å². The fourth-order valence-electron chi connectivity index (χ4n) is 3.51. The van der Waals surface area contributed by atoms with Crippen molar-refractivity contribution in [3.8, 4) is 0 Å². The molecule has 1 saturated carbocycles. The summed E-state index contributed by atoms with van der Waals surface area (Å²) < 4.78 is 0. The Morgan fingerprint density at radius 3 is 2.59 bits per heavy atom. The van der Waals surface area contributed by atoms with E-state index in [1.807, 2.05) is 0 Å². The lowest BCUT2D eigenvalue weighted by molar-refractivity contribution is 0.0965. The first-order valence-corrected chi connectivity index (χ1v) is 7.47. The van der Waals surface area contributed by atoms with E-state index >= 15 is 0 Å². The number of hydrogen-bond donors (Lipinski definition) is 1. The van der Waals surface area contributed by atoms with Gasteiger partial charge in [-0.2, -0.15) is 0 Å². The molecule has 0 aromatic rings. The molecule has 2 nitrogen and oxygen atoms in total. The summed E-state index contributed by atoms with van der Waals surface area (Å²) in [5.74, 6) is 1.84. The van der Waals surface area contributed by atoms with E-state index < -0.39 is 0 Å². The highest BCUT2D eigenvalue weighted by molar-refractivity contribution is 4.90. The molecule has 2 heteroatoms. The average molecular weight is 238 g/mol. The second-order valence-electron chi connectivity index (χ2n) is 7.06. The van der Waals surface area contributed by atoms with Crippen LogP contribution in [0.2, 0.25) is 0 Å². The number of nitrogens with one attached hydrogen (secondary N) is 1. The molecular formula is C15H30N2. The van der Waals surface area contributed by atoms with E-state index in [0.29, 0.717) is 5.54 Å². The molecule has 17 heavy (non-hydrogen) atoms. The Kier molecular flexibility index (Phi) is 4.14. The van der Waals surface area contributed by atoms with Crippen molar-refractivity contribution >= 4 is 0 Å². The Hall–Kier alpha value is -0.0800. The van der Waals surface area contributed by atoms with Crippen LogP contribution in [-0.2, 0) is 0 Å². The Balaban J connectivity index is 1.96. The third-order valence-electron chi connectivity index (χ3n) is 4.91. The third-order valence-corrected chi connectivity index (χ3v) is 4.91. The lowest BCUT2D eigenvalue weighted by Gasteiger charge is -2.41. The minimum atomic E-state index is 0.294. The van der Waals surface area contributed by atoms with Crippen molar-refractivity contribution in [3.63, 3.8) is 0 Å². The van der Waals surface area contributed by atoms with Crippen LogP contribution in [0.15, 0.2) is 0 Å². The molecule has 0 amide bonds. The third kappa shape index (κ3) is 3.45. The molecule has 2 fully saturated rings. The molecule has 0 radical (unpaired) electrons. The van der Waals surface area contributed by atoms with Crippen molar-refractivity contribution in [1.82, 2.24) is 10.2 Å². The maximum Gasteiger partial charge on any atom is 0.0252 e. The van der Waals surface area contributed by atoms with Crippen LogP contribution < -0.4 is 5.32 Å². The minimum Gasteiger partial charge on any atom is -0.310 e. The van der Waals surface area contributed by atoms with Crippen LogP contribution in [0.4, 0.5) is 0 Å². The second-order valence-corrected chi connectivity index (χ2v) is 7.06. The van der Waals surface area contributed by atoms with E-state index in [-0.39, 0.29) is 0 Å². The van der Waals surface area contributed by atoms with Crippen molar-refractivity contribution in [1.29, 1.82) is 0 Å². The average Bonchev–Trinajstić information content (AvgIpc) is 2.43. The van der Waals surface area contributed by atoms with Gasteiger partial charge in [0.1, 0.15) is 0 Å². The molecule has 0 bridgehead atoms. The second kappa shape index (κ2) is 5.27. The van der Waals surface area contributed by atoms with Crippen LogP contribution in [0.25, 0.3) is 0 Å². The molecule has 0 spiro atoms. The highest BCUT2D eigenvalue weighted by atomic mass is 15.2. The molecular weight excluding hydrogens is 208 g/mol. The van der Waals surface area contributed by atoms with Gasteiger partial charge in [0.2, 0.25) is 0 Å². The quantitative estimate of drug-likeness (QED) is 0.755. The zero-order chi connectivity index (χ0) is 12.5. The van der Waals surface area contributed by atoms with Crippen molar-refractivity contribution in [2.24, 2.45) is 11.8 Å². The molecule has 2 aliphatic rings. The summed E-state index contributed by atoms with van der Waals surface area (Å²) in [7, 11) is 0. The van der Waals surface area contributed by atoms with E-state index in [9.17, 15) is 0 Å². The first kappa shape index (κ1) is 13.4. The maximum absolute atomic E-state index is 3.67. The van der Waals surface area contributed by atoms with E-state index in [0.717, 1.165) is 17.9 Å². The summed E-state index contributed by atoms with van der Waals surface area (Å²) >= 11 is 0. The smallest absolute Gasteiger partial charge is 0.0252 e. The van der Waals surface area contributed by atoms with E-state index in [2.05, 4.69) is 37.9 Å². The van der Waals surface area contributed by atoms with Gasteiger partial charge in [-0.3, -0.25) is 4.90 Å². The lowest BCUT2D eigenvalue weighted by Crippen LogP contribution is -2.50. The molecule has 1 aliphatic heterocycles.